The van der Waals surface area contributed by atoms with Crippen molar-refractivity contribution in [3.63, 3.8) is 0 Å². The van der Waals surface area contributed by atoms with Gasteiger partial charge in [0.2, 0.25) is 5.91 Å². The number of hydrogen-bond donors (Lipinski definition) is 1. The highest BCUT2D eigenvalue weighted by Crippen LogP contribution is 2.26. The lowest BCUT2D eigenvalue weighted by Crippen LogP contribution is -2.53. The fraction of sp³-hybridized carbons (Fsp3) is 0.435. The van der Waals surface area contributed by atoms with E-state index in [0.717, 1.165) is 57.1 Å². The Bertz CT molecular complexity index is 865. The Morgan fingerprint density at radius 1 is 1.17 bits per heavy atom. The molecule has 6 heteroatoms. The van der Waals surface area contributed by atoms with Gasteiger partial charge in [0.15, 0.2) is 0 Å². The molecule has 2 aromatic carbocycles. The number of hydrogen-bond acceptors (Lipinski definition) is 4. The van der Waals surface area contributed by atoms with Crippen molar-refractivity contribution in [2.45, 2.75) is 32.5 Å². The number of piperazine rings is 1. The van der Waals surface area contributed by atoms with E-state index in [9.17, 15) is 4.79 Å². The minimum atomic E-state index is -0.142. The molecule has 1 atom stereocenters. The third kappa shape index (κ3) is 4.92. The molecule has 2 aromatic rings. The highest BCUT2D eigenvalue weighted by atomic mass is 35.5. The predicted octanol–water partition coefficient (Wildman–Crippen LogP) is 3.10. The molecule has 0 bridgehead atoms. The SMILES string of the molecule is CC(C(=O)NCc1ccccc1Cl)N1CCN(Cc2ccc3c(c2)CCO3)CC1. The minimum absolute atomic E-state index is 0.0528. The number of nitrogens with one attached hydrogen (secondary N) is 1. The van der Waals surface area contributed by atoms with Gasteiger partial charge >= 0.3 is 0 Å². The van der Waals surface area contributed by atoms with Gasteiger partial charge in [-0.25, -0.2) is 0 Å². The zero-order valence-electron chi connectivity index (χ0n) is 16.9. The first kappa shape index (κ1) is 20.2. The van der Waals surface area contributed by atoms with Crippen molar-refractivity contribution < 1.29 is 9.53 Å². The minimum Gasteiger partial charge on any atom is -0.493 e. The maximum Gasteiger partial charge on any atom is 0.237 e. The number of nitrogens with zero attached hydrogens (tertiary/aromatic N) is 2. The van der Waals surface area contributed by atoms with E-state index in [1.807, 2.05) is 31.2 Å². The van der Waals surface area contributed by atoms with Crippen LogP contribution in [0, 0.1) is 0 Å². The van der Waals surface area contributed by atoms with Crippen molar-refractivity contribution in [2.75, 3.05) is 32.8 Å². The zero-order chi connectivity index (χ0) is 20.2. The largest absolute Gasteiger partial charge is 0.493 e. The molecule has 2 aliphatic heterocycles. The van der Waals surface area contributed by atoms with E-state index < -0.39 is 0 Å². The molecule has 1 saturated heterocycles. The second kappa shape index (κ2) is 9.16. The van der Waals surface area contributed by atoms with Crippen molar-refractivity contribution in [3.05, 3.63) is 64.2 Å². The number of rotatable bonds is 6. The molecule has 0 radical (unpaired) electrons. The number of fused-ring (bicyclic) bond motifs is 1. The predicted molar refractivity (Wildman–Crippen MR) is 115 cm³/mol. The Labute approximate surface area is 177 Å². The molecule has 1 fully saturated rings. The van der Waals surface area contributed by atoms with E-state index in [1.54, 1.807) is 0 Å². The Morgan fingerprint density at radius 2 is 1.97 bits per heavy atom. The van der Waals surface area contributed by atoms with Gasteiger partial charge in [-0.2, -0.15) is 0 Å². The molecular weight excluding hydrogens is 386 g/mol. The third-order valence-corrected chi connectivity index (χ3v) is 6.27. The maximum atomic E-state index is 12.6. The third-order valence-electron chi connectivity index (χ3n) is 5.91. The van der Waals surface area contributed by atoms with Crippen molar-refractivity contribution in [1.29, 1.82) is 0 Å². The van der Waals surface area contributed by atoms with Gasteiger partial charge in [-0.15, -0.1) is 0 Å². The van der Waals surface area contributed by atoms with Gasteiger partial charge in [-0.3, -0.25) is 14.6 Å². The first-order chi connectivity index (χ1) is 14.1. The first-order valence-corrected chi connectivity index (χ1v) is 10.7. The van der Waals surface area contributed by atoms with Gasteiger partial charge < -0.3 is 10.1 Å². The van der Waals surface area contributed by atoms with Gasteiger partial charge in [-0.05, 0) is 35.7 Å². The Kier molecular flexibility index (Phi) is 6.38. The van der Waals surface area contributed by atoms with Crippen LogP contribution in [0.2, 0.25) is 5.02 Å². The number of amides is 1. The Balaban J connectivity index is 1.24. The molecule has 0 aromatic heterocycles. The van der Waals surface area contributed by atoms with E-state index in [2.05, 4.69) is 33.3 Å². The standard InChI is InChI=1S/C23H28ClN3O2/c1-17(23(28)25-15-20-4-2-3-5-21(20)24)27-11-9-26(10-12-27)16-18-6-7-22-19(14-18)8-13-29-22/h2-7,14,17H,8-13,15-16H2,1H3,(H,25,28). The summed E-state index contributed by atoms with van der Waals surface area (Å²) in [4.78, 5) is 17.3. The molecule has 2 heterocycles. The van der Waals surface area contributed by atoms with Gasteiger partial charge in [0.1, 0.15) is 5.75 Å². The lowest BCUT2D eigenvalue weighted by Gasteiger charge is -2.37. The van der Waals surface area contributed by atoms with Gasteiger partial charge in [0, 0.05) is 50.7 Å². The zero-order valence-corrected chi connectivity index (χ0v) is 17.6. The molecule has 1 N–H and O–H groups in total. The van der Waals surface area contributed by atoms with Crippen LogP contribution in [0.1, 0.15) is 23.6 Å². The molecule has 1 unspecified atom stereocenters. The average Bonchev–Trinajstić information content (AvgIpc) is 3.21. The summed E-state index contributed by atoms with van der Waals surface area (Å²) in [5.74, 6) is 1.09. The molecule has 5 nitrogen and oxygen atoms in total. The van der Waals surface area contributed by atoms with Crippen molar-refractivity contribution in [3.8, 4) is 5.75 Å². The number of benzene rings is 2. The van der Waals surface area contributed by atoms with Crippen LogP contribution in [0.4, 0.5) is 0 Å². The van der Waals surface area contributed by atoms with Crippen LogP contribution in [-0.2, 0) is 24.3 Å². The van der Waals surface area contributed by atoms with Crippen LogP contribution in [0.5, 0.6) is 5.75 Å². The molecule has 4 rings (SSSR count). The van der Waals surface area contributed by atoms with Crippen molar-refractivity contribution >= 4 is 17.5 Å². The van der Waals surface area contributed by atoms with Gasteiger partial charge in [-0.1, -0.05) is 41.9 Å². The summed E-state index contributed by atoms with van der Waals surface area (Å²) in [6.45, 7) is 7.93. The number of carbonyl (C=O) groups is 1. The van der Waals surface area contributed by atoms with Crippen LogP contribution >= 0.6 is 11.6 Å². The van der Waals surface area contributed by atoms with E-state index in [0.29, 0.717) is 11.6 Å². The summed E-state index contributed by atoms with van der Waals surface area (Å²) in [6, 6.07) is 14.0. The molecule has 0 saturated carbocycles. The fourth-order valence-electron chi connectivity index (χ4n) is 4.04. The van der Waals surface area contributed by atoms with Crippen LogP contribution in [0.3, 0.4) is 0 Å². The van der Waals surface area contributed by atoms with Gasteiger partial charge in [0.05, 0.1) is 12.6 Å². The Hall–Kier alpha value is -2.08. The van der Waals surface area contributed by atoms with E-state index in [4.69, 9.17) is 16.3 Å². The number of halogens is 1. The highest BCUT2D eigenvalue weighted by molar-refractivity contribution is 6.31. The second-order valence-corrected chi connectivity index (χ2v) is 8.25. The van der Waals surface area contributed by atoms with E-state index >= 15 is 0 Å². The number of ether oxygens (including phenoxy) is 1. The first-order valence-electron chi connectivity index (χ1n) is 10.3. The van der Waals surface area contributed by atoms with Crippen molar-refractivity contribution in [2.24, 2.45) is 0 Å². The summed E-state index contributed by atoms with van der Waals surface area (Å²) < 4.78 is 5.60. The molecule has 0 aliphatic carbocycles. The van der Waals surface area contributed by atoms with E-state index in [1.165, 1.54) is 11.1 Å². The molecule has 1 amide bonds. The van der Waals surface area contributed by atoms with Crippen LogP contribution < -0.4 is 10.1 Å². The topological polar surface area (TPSA) is 44.8 Å². The molecule has 2 aliphatic rings. The number of carbonyl (C=O) groups excluding carboxylic acids is 1. The smallest absolute Gasteiger partial charge is 0.237 e. The quantitative estimate of drug-likeness (QED) is 0.790. The maximum absolute atomic E-state index is 12.6. The van der Waals surface area contributed by atoms with Crippen LogP contribution in [0.25, 0.3) is 0 Å². The molecule has 29 heavy (non-hydrogen) atoms. The highest BCUT2D eigenvalue weighted by Gasteiger charge is 2.25. The van der Waals surface area contributed by atoms with Crippen LogP contribution in [-0.4, -0.2) is 54.5 Å². The summed E-state index contributed by atoms with van der Waals surface area (Å²) >= 11 is 6.18. The summed E-state index contributed by atoms with van der Waals surface area (Å²) in [5, 5.41) is 3.71. The molecule has 154 valence electrons. The van der Waals surface area contributed by atoms with E-state index in [-0.39, 0.29) is 11.9 Å². The summed E-state index contributed by atoms with van der Waals surface area (Å²) in [6.07, 6.45) is 1.01. The van der Waals surface area contributed by atoms with Crippen LogP contribution in [0.15, 0.2) is 42.5 Å². The summed E-state index contributed by atoms with van der Waals surface area (Å²) in [5.41, 5.74) is 3.61. The second-order valence-electron chi connectivity index (χ2n) is 7.84. The fourth-order valence-corrected chi connectivity index (χ4v) is 4.25. The van der Waals surface area contributed by atoms with Gasteiger partial charge in [0.25, 0.3) is 0 Å². The summed E-state index contributed by atoms with van der Waals surface area (Å²) in [7, 11) is 0. The average molecular weight is 414 g/mol. The Morgan fingerprint density at radius 3 is 2.76 bits per heavy atom. The lowest BCUT2D eigenvalue weighted by molar-refractivity contribution is -0.126. The lowest BCUT2D eigenvalue weighted by atomic mass is 10.1. The van der Waals surface area contributed by atoms with Crippen molar-refractivity contribution in [1.82, 2.24) is 15.1 Å². The normalized spacial score (nSPS) is 18.1. The molecule has 0 spiro atoms. The molecular formula is C23H28ClN3O2. The monoisotopic (exact) mass is 413 g/mol.